The van der Waals surface area contributed by atoms with E-state index in [1.165, 1.54) is 11.3 Å². The normalized spacial score (nSPS) is 11.0. The predicted octanol–water partition coefficient (Wildman–Crippen LogP) is 4.96. The van der Waals surface area contributed by atoms with Gasteiger partial charge in [-0.3, -0.25) is 4.40 Å². The molecule has 0 fully saturated rings. The summed E-state index contributed by atoms with van der Waals surface area (Å²) in [5.41, 5.74) is 5.20. The molecule has 0 aliphatic carbocycles. The van der Waals surface area contributed by atoms with Crippen LogP contribution >= 0.6 is 11.3 Å². The van der Waals surface area contributed by atoms with Crippen LogP contribution in [0.25, 0.3) is 16.2 Å². The molecule has 27 heavy (non-hydrogen) atoms. The molecule has 4 rings (SSSR count). The highest BCUT2D eigenvalue weighted by Crippen LogP contribution is 2.33. The number of benzene rings is 2. The number of aromatic nitrogens is 2. The first-order valence-electron chi connectivity index (χ1n) is 8.51. The van der Waals surface area contributed by atoms with Crippen LogP contribution in [0.15, 0.2) is 54.0 Å². The average Bonchev–Trinajstić information content (AvgIpc) is 3.22. The molecular formula is C21H18N2O3S. The van der Waals surface area contributed by atoms with E-state index >= 15 is 0 Å². The van der Waals surface area contributed by atoms with Crippen LogP contribution in [0.3, 0.4) is 0 Å². The summed E-state index contributed by atoms with van der Waals surface area (Å²) in [6, 6.07) is 14.2. The van der Waals surface area contributed by atoms with E-state index in [9.17, 15) is 4.79 Å². The molecule has 1 N–H and O–H groups in total. The van der Waals surface area contributed by atoms with Gasteiger partial charge in [0.25, 0.3) is 0 Å². The van der Waals surface area contributed by atoms with Gasteiger partial charge in [0.05, 0.1) is 5.69 Å². The van der Waals surface area contributed by atoms with Gasteiger partial charge in [0.15, 0.2) is 10.7 Å². The Bertz CT molecular complexity index is 1110. The van der Waals surface area contributed by atoms with Crippen molar-refractivity contribution in [3.63, 3.8) is 0 Å². The van der Waals surface area contributed by atoms with Gasteiger partial charge in [0.1, 0.15) is 12.4 Å². The number of imidazole rings is 1. The molecule has 4 aromatic rings. The number of aryl methyl sites for hydroxylation is 2. The summed E-state index contributed by atoms with van der Waals surface area (Å²) in [7, 11) is 0. The van der Waals surface area contributed by atoms with Crippen molar-refractivity contribution in [2.24, 2.45) is 0 Å². The number of ether oxygens (including phenoxy) is 1. The molecule has 0 unspecified atom stereocenters. The van der Waals surface area contributed by atoms with Crippen molar-refractivity contribution in [3.8, 4) is 17.0 Å². The maximum atomic E-state index is 11.2. The van der Waals surface area contributed by atoms with Crippen LogP contribution < -0.4 is 4.74 Å². The van der Waals surface area contributed by atoms with Crippen LogP contribution in [0.5, 0.6) is 5.75 Å². The third kappa shape index (κ3) is 3.31. The largest absolute Gasteiger partial charge is 0.488 e. The summed E-state index contributed by atoms with van der Waals surface area (Å²) in [5.74, 6) is -0.139. The number of hydrogen-bond donors (Lipinski definition) is 1. The molecular weight excluding hydrogens is 360 g/mol. The van der Waals surface area contributed by atoms with Crippen LogP contribution in [0, 0.1) is 13.8 Å². The van der Waals surface area contributed by atoms with E-state index in [1.807, 2.05) is 54.0 Å². The molecule has 136 valence electrons. The molecule has 0 saturated carbocycles. The van der Waals surface area contributed by atoms with E-state index in [2.05, 4.69) is 17.1 Å². The first-order chi connectivity index (χ1) is 13.0. The fourth-order valence-corrected chi connectivity index (χ4v) is 4.03. The van der Waals surface area contributed by atoms with Gasteiger partial charge >= 0.3 is 5.97 Å². The van der Waals surface area contributed by atoms with E-state index < -0.39 is 5.97 Å². The lowest BCUT2D eigenvalue weighted by Gasteiger charge is -2.14. The zero-order valence-electron chi connectivity index (χ0n) is 15.0. The quantitative estimate of drug-likeness (QED) is 0.533. The van der Waals surface area contributed by atoms with Gasteiger partial charge in [-0.1, -0.05) is 30.3 Å². The van der Waals surface area contributed by atoms with Crippen molar-refractivity contribution < 1.29 is 14.6 Å². The Morgan fingerprint density at radius 3 is 2.56 bits per heavy atom. The lowest BCUT2D eigenvalue weighted by atomic mass is 10.0. The second-order valence-electron chi connectivity index (χ2n) is 6.42. The SMILES string of the molecule is Cc1cc(-c2csc3nc(C(=O)O)cn23)cc(C)c1OCc1ccccc1. The molecule has 5 nitrogen and oxygen atoms in total. The zero-order chi connectivity index (χ0) is 19.0. The van der Waals surface area contributed by atoms with Gasteiger partial charge in [0.2, 0.25) is 0 Å². The second-order valence-corrected chi connectivity index (χ2v) is 7.25. The minimum Gasteiger partial charge on any atom is -0.488 e. The highest BCUT2D eigenvalue weighted by Gasteiger charge is 2.15. The van der Waals surface area contributed by atoms with E-state index in [-0.39, 0.29) is 5.69 Å². The van der Waals surface area contributed by atoms with Crippen LogP contribution in [-0.2, 0) is 6.61 Å². The van der Waals surface area contributed by atoms with Crippen molar-refractivity contribution in [3.05, 3.63) is 76.4 Å². The Morgan fingerprint density at radius 1 is 1.19 bits per heavy atom. The van der Waals surface area contributed by atoms with Gasteiger partial charge in [-0.2, -0.15) is 0 Å². The highest BCUT2D eigenvalue weighted by molar-refractivity contribution is 7.15. The Hall–Kier alpha value is -3.12. The lowest BCUT2D eigenvalue weighted by molar-refractivity contribution is 0.0691. The molecule has 0 aliphatic heterocycles. The van der Waals surface area contributed by atoms with Crippen LogP contribution in [-0.4, -0.2) is 20.5 Å². The summed E-state index contributed by atoms with van der Waals surface area (Å²) >= 11 is 1.43. The molecule has 0 aliphatic rings. The van der Waals surface area contributed by atoms with Crippen molar-refractivity contribution in [1.82, 2.24) is 9.38 Å². The fourth-order valence-electron chi connectivity index (χ4n) is 3.15. The smallest absolute Gasteiger partial charge is 0.356 e. The van der Waals surface area contributed by atoms with Crippen LogP contribution in [0.2, 0.25) is 0 Å². The topological polar surface area (TPSA) is 63.8 Å². The van der Waals surface area contributed by atoms with Gasteiger partial charge in [-0.25, -0.2) is 9.78 Å². The maximum Gasteiger partial charge on any atom is 0.356 e. The minimum absolute atomic E-state index is 0.0550. The van der Waals surface area contributed by atoms with Crippen molar-refractivity contribution >= 4 is 22.3 Å². The van der Waals surface area contributed by atoms with Crippen molar-refractivity contribution in [2.45, 2.75) is 20.5 Å². The molecule has 0 bridgehead atoms. The number of rotatable bonds is 5. The molecule has 0 saturated heterocycles. The standard InChI is InChI=1S/C21H18N2O3S/c1-13-8-16(18-12-27-21-22-17(20(24)25)10-23(18)21)9-14(2)19(13)26-11-15-6-4-3-5-7-15/h3-10,12H,11H2,1-2H3,(H,24,25). The van der Waals surface area contributed by atoms with Crippen LogP contribution in [0.4, 0.5) is 0 Å². The van der Waals surface area contributed by atoms with Crippen molar-refractivity contribution in [1.29, 1.82) is 0 Å². The summed E-state index contributed by atoms with van der Waals surface area (Å²) in [6.45, 7) is 4.57. The van der Waals surface area contributed by atoms with E-state index in [0.29, 0.717) is 11.6 Å². The lowest BCUT2D eigenvalue weighted by Crippen LogP contribution is -1.99. The number of aromatic carboxylic acids is 1. The Labute approximate surface area is 160 Å². The number of carbonyl (C=O) groups is 1. The fraction of sp³-hybridized carbons (Fsp3) is 0.143. The molecule has 0 amide bonds. The first kappa shape index (κ1) is 17.3. The predicted molar refractivity (Wildman–Crippen MR) is 106 cm³/mol. The summed E-state index contributed by atoms with van der Waals surface area (Å²) in [4.78, 5) is 16.0. The molecule has 0 radical (unpaired) electrons. The van der Waals surface area contributed by atoms with Gasteiger partial charge in [-0.05, 0) is 42.7 Å². The highest BCUT2D eigenvalue weighted by atomic mass is 32.1. The zero-order valence-corrected chi connectivity index (χ0v) is 15.8. The number of hydrogen-bond acceptors (Lipinski definition) is 4. The maximum absolute atomic E-state index is 11.2. The number of nitrogens with zero attached hydrogens (tertiary/aromatic N) is 2. The monoisotopic (exact) mass is 378 g/mol. The van der Waals surface area contributed by atoms with Gasteiger partial charge in [-0.15, -0.1) is 11.3 Å². The molecule has 6 heteroatoms. The first-order valence-corrected chi connectivity index (χ1v) is 9.39. The number of thiazole rings is 1. The summed E-state index contributed by atoms with van der Waals surface area (Å²) < 4.78 is 7.88. The van der Waals surface area contributed by atoms with Gasteiger partial charge in [0, 0.05) is 17.1 Å². The number of fused-ring (bicyclic) bond motifs is 1. The van der Waals surface area contributed by atoms with Crippen LogP contribution in [0.1, 0.15) is 27.2 Å². The van der Waals surface area contributed by atoms with E-state index in [0.717, 1.165) is 33.7 Å². The average molecular weight is 378 g/mol. The summed E-state index contributed by atoms with van der Waals surface area (Å²) in [5, 5.41) is 11.1. The van der Waals surface area contributed by atoms with Gasteiger partial charge < -0.3 is 9.84 Å². The van der Waals surface area contributed by atoms with E-state index in [4.69, 9.17) is 9.84 Å². The third-order valence-corrected chi connectivity index (χ3v) is 5.25. The molecule has 2 aromatic carbocycles. The summed E-state index contributed by atoms with van der Waals surface area (Å²) in [6.07, 6.45) is 1.56. The Morgan fingerprint density at radius 2 is 1.89 bits per heavy atom. The molecule has 0 spiro atoms. The minimum atomic E-state index is -1.02. The Kier molecular flexibility index (Phi) is 4.41. The number of carboxylic acid groups (broad SMARTS) is 1. The molecule has 2 aromatic heterocycles. The molecule has 0 atom stereocenters. The third-order valence-electron chi connectivity index (χ3n) is 4.41. The second kappa shape index (κ2) is 6.89. The van der Waals surface area contributed by atoms with Crippen molar-refractivity contribution in [2.75, 3.05) is 0 Å². The Balaban J connectivity index is 1.66. The molecule has 2 heterocycles. The number of carboxylic acids is 1. The van der Waals surface area contributed by atoms with E-state index in [1.54, 1.807) is 6.20 Å².